The molecule has 0 aliphatic heterocycles. The van der Waals surface area contributed by atoms with Crippen molar-refractivity contribution in [3.8, 4) is 6.07 Å². The van der Waals surface area contributed by atoms with E-state index in [1.807, 2.05) is 13.0 Å². The van der Waals surface area contributed by atoms with Crippen LogP contribution in [0, 0.1) is 11.3 Å². The van der Waals surface area contributed by atoms with Crippen LogP contribution in [-0.2, 0) is 0 Å². The van der Waals surface area contributed by atoms with E-state index in [0.717, 1.165) is 12.2 Å². The van der Waals surface area contributed by atoms with Crippen LogP contribution in [0.2, 0.25) is 0 Å². The summed E-state index contributed by atoms with van der Waals surface area (Å²) in [7, 11) is 0. The maximum Gasteiger partial charge on any atom is 0.101 e. The van der Waals surface area contributed by atoms with Gasteiger partial charge in [0.2, 0.25) is 0 Å². The molecule has 0 saturated heterocycles. The van der Waals surface area contributed by atoms with Crippen LogP contribution in [0.4, 0.5) is 5.69 Å². The number of hydrogen-bond donors (Lipinski definition) is 1. The maximum atomic E-state index is 8.51. The third-order valence-electron chi connectivity index (χ3n) is 1.25. The molecule has 0 radical (unpaired) electrons. The molecule has 0 atom stereocenters. The van der Waals surface area contributed by atoms with Crippen molar-refractivity contribution < 1.29 is 0 Å². The molecule has 1 heterocycles. The van der Waals surface area contributed by atoms with Crippen molar-refractivity contribution in [3.05, 3.63) is 24.0 Å². The molecule has 1 rings (SSSR count). The predicted octanol–water partition coefficient (Wildman–Crippen LogP) is 1.39. The van der Waals surface area contributed by atoms with E-state index in [1.165, 1.54) is 0 Å². The van der Waals surface area contributed by atoms with Crippen LogP contribution in [0.3, 0.4) is 0 Å². The number of nitrogens with one attached hydrogen (secondary N) is 1. The second-order valence-electron chi connectivity index (χ2n) is 2.10. The van der Waals surface area contributed by atoms with Crippen molar-refractivity contribution in [2.24, 2.45) is 0 Å². The summed E-state index contributed by atoms with van der Waals surface area (Å²) in [6.45, 7) is 2.84. The van der Waals surface area contributed by atoms with E-state index in [2.05, 4.69) is 10.3 Å². The molecule has 3 nitrogen and oxygen atoms in total. The quantitative estimate of drug-likeness (QED) is 0.687. The topological polar surface area (TPSA) is 48.7 Å². The van der Waals surface area contributed by atoms with Crippen LogP contribution in [-0.4, -0.2) is 11.5 Å². The molecule has 0 bridgehead atoms. The van der Waals surface area contributed by atoms with Crippen molar-refractivity contribution in [3.63, 3.8) is 0 Å². The van der Waals surface area contributed by atoms with Crippen LogP contribution >= 0.6 is 0 Å². The zero-order valence-electron chi connectivity index (χ0n) is 6.33. The van der Waals surface area contributed by atoms with E-state index in [4.69, 9.17) is 5.26 Å². The van der Waals surface area contributed by atoms with Gasteiger partial charge in [0, 0.05) is 12.7 Å². The Bertz CT molecular complexity index is 275. The first-order valence-electron chi connectivity index (χ1n) is 3.46. The van der Waals surface area contributed by atoms with Gasteiger partial charge in [-0.25, -0.2) is 0 Å². The lowest BCUT2D eigenvalue weighted by atomic mass is 10.3. The molecular formula is C8H9N3. The predicted molar refractivity (Wildman–Crippen MR) is 43.1 cm³/mol. The Balaban J connectivity index is 2.85. The summed E-state index contributed by atoms with van der Waals surface area (Å²) in [5.74, 6) is 0. The van der Waals surface area contributed by atoms with Gasteiger partial charge in [0.1, 0.15) is 6.07 Å². The van der Waals surface area contributed by atoms with E-state index in [-0.39, 0.29) is 0 Å². The molecule has 1 N–H and O–H groups in total. The minimum absolute atomic E-state index is 0.587. The van der Waals surface area contributed by atoms with Crippen LogP contribution in [0.15, 0.2) is 18.5 Å². The number of anilines is 1. The molecule has 0 spiro atoms. The van der Waals surface area contributed by atoms with Crippen molar-refractivity contribution in [2.45, 2.75) is 6.92 Å². The molecule has 0 amide bonds. The van der Waals surface area contributed by atoms with Gasteiger partial charge in [-0.05, 0) is 13.0 Å². The SMILES string of the molecule is CCNc1cncc(C#N)c1. The summed E-state index contributed by atoms with van der Waals surface area (Å²) in [4.78, 5) is 3.89. The van der Waals surface area contributed by atoms with Gasteiger partial charge in [0.25, 0.3) is 0 Å². The fraction of sp³-hybridized carbons (Fsp3) is 0.250. The number of pyridine rings is 1. The summed E-state index contributed by atoms with van der Waals surface area (Å²) in [5.41, 5.74) is 1.48. The second kappa shape index (κ2) is 3.57. The molecule has 1 aromatic rings. The van der Waals surface area contributed by atoms with Gasteiger partial charge in [-0.2, -0.15) is 5.26 Å². The highest BCUT2D eigenvalue weighted by Gasteiger charge is 1.92. The van der Waals surface area contributed by atoms with Crippen LogP contribution in [0.5, 0.6) is 0 Å². The number of nitrogens with zero attached hydrogens (tertiary/aromatic N) is 2. The van der Waals surface area contributed by atoms with Crippen LogP contribution in [0.25, 0.3) is 0 Å². The first-order chi connectivity index (χ1) is 5.36. The zero-order chi connectivity index (χ0) is 8.10. The zero-order valence-corrected chi connectivity index (χ0v) is 6.33. The largest absolute Gasteiger partial charge is 0.384 e. The third kappa shape index (κ3) is 1.94. The smallest absolute Gasteiger partial charge is 0.101 e. The Hall–Kier alpha value is -1.56. The molecule has 0 fully saturated rings. The van der Waals surface area contributed by atoms with E-state index in [1.54, 1.807) is 18.5 Å². The van der Waals surface area contributed by atoms with E-state index >= 15 is 0 Å². The monoisotopic (exact) mass is 147 g/mol. The average molecular weight is 147 g/mol. The second-order valence-corrected chi connectivity index (χ2v) is 2.10. The molecule has 0 aliphatic rings. The molecule has 1 aromatic heterocycles. The third-order valence-corrected chi connectivity index (χ3v) is 1.25. The molecule has 3 heteroatoms. The maximum absolute atomic E-state index is 8.51. The highest BCUT2D eigenvalue weighted by Crippen LogP contribution is 2.05. The van der Waals surface area contributed by atoms with Crippen molar-refractivity contribution in [1.29, 1.82) is 5.26 Å². The molecular weight excluding hydrogens is 138 g/mol. The highest BCUT2D eigenvalue weighted by atomic mass is 14.9. The Labute approximate surface area is 65.7 Å². The van der Waals surface area contributed by atoms with Crippen molar-refractivity contribution in [1.82, 2.24) is 4.98 Å². The van der Waals surface area contributed by atoms with E-state index < -0.39 is 0 Å². The minimum Gasteiger partial charge on any atom is -0.384 e. The fourth-order valence-corrected chi connectivity index (χ4v) is 0.802. The number of aromatic nitrogens is 1. The molecule has 11 heavy (non-hydrogen) atoms. The lowest BCUT2D eigenvalue weighted by Crippen LogP contribution is -1.96. The first-order valence-corrected chi connectivity index (χ1v) is 3.46. The highest BCUT2D eigenvalue weighted by molar-refractivity contribution is 5.45. The summed E-state index contributed by atoms with van der Waals surface area (Å²) in [5, 5.41) is 11.6. The van der Waals surface area contributed by atoms with Gasteiger partial charge >= 0.3 is 0 Å². The molecule has 0 saturated carbocycles. The van der Waals surface area contributed by atoms with E-state index in [0.29, 0.717) is 5.56 Å². The minimum atomic E-state index is 0.587. The molecule has 56 valence electrons. The van der Waals surface area contributed by atoms with Crippen molar-refractivity contribution >= 4 is 5.69 Å². The summed E-state index contributed by atoms with van der Waals surface area (Å²) in [6.07, 6.45) is 3.24. The molecule has 0 aliphatic carbocycles. The van der Waals surface area contributed by atoms with Gasteiger partial charge in [0.15, 0.2) is 0 Å². The standard InChI is InChI=1S/C8H9N3/c1-2-11-8-3-7(4-9)5-10-6-8/h3,5-6,11H,2H2,1H3. The van der Waals surface area contributed by atoms with Gasteiger partial charge < -0.3 is 5.32 Å². The number of nitriles is 1. The average Bonchev–Trinajstić information content (AvgIpc) is 2.06. The Kier molecular flexibility index (Phi) is 2.45. The van der Waals surface area contributed by atoms with Gasteiger partial charge in [0.05, 0.1) is 17.4 Å². The van der Waals surface area contributed by atoms with Gasteiger partial charge in [-0.1, -0.05) is 0 Å². The van der Waals surface area contributed by atoms with E-state index in [9.17, 15) is 0 Å². The van der Waals surface area contributed by atoms with Crippen LogP contribution < -0.4 is 5.32 Å². The first kappa shape index (κ1) is 7.55. The summed E-state index contributed by atoms with van der Waals surface area (Å²) in [6, 6.07) is 3.80. The normalized spacial score (nSPS) is 8.73. The number of rotatable bonds is 2. The Morgan fingerprint density at radius 3 is 3.09 bits per heavy atom. The van der Waals surface area contributed by atoms with Gasteiger partial charge in [-0.15, -0.1) is 0 Å². The fourth-order valence-electron chi connectivity index (χ4n) is 0.802. The van der Waals surface area contributed by atoms with Crippen LogP contribution in [0.1, 0.15) is 12.5 Å². The van der Waals surface area contributed by atoms with Crippen molar-refractivity contribution in [2.75, 3.05) is 11.9 Å². The summed E-state index contributed by atoms with van der Waals surface area (Å²) >= 11 is 0. The molecule has 0 aromatic carbocycles. The lowest BCUT2D eigenvalue weighted by Gasteiger charge is -2.00. The summed E-state index contributed by atoms with van der Waals surface area (Å²) < 4.78 is 0. The lowest BCUT2D eigenvalue weighted by molar-refractivity contribution is 1.19. The molecule has 0 unspecified atom stereocenters. The Morgan fingerprint density at radius 1 is 1.64 bits per heavy atom. The Morgan fingerprint density at radius 2 is 2.45 bits per heavy atom. The number of hydrogen-bond acceptors (Lipinski definition) is 3. The van der Waals surface area contributed by atoms with Gasteiger partial charge in [-0.3, -0.25) is 4.98 Å².